The van der Waals surface area contributed by atoms with Crippen molar-refractivity contribution in [2.45, 2.75) is 64.1 Å². The highest BCUT2D eigenvalue weighted by Gasteiger charge is 2.34. The summed E-state index contributed by atoms with van der Waals surface area (Å²) in [5, 5.41) is 39.5. The van der Waals surface area contributed by atoms with Crippen LogP contribution in [0.5, 0.6) is 28.7 Å². The fourth-order valence-corrected chi connectivity index (χ4v) is 3.71. The number of phenolic OH excluding ortho intramolecular Hbond substituents is 4. The van der Waals surface area contributed by atoms with Crippen molar-refractivity contribution < 1.29 is 29.9 Å². The molecule has 158 valence electrons. The SMILES string of the molecule is CCCCCCCCO[C@@H]1Cc2c(O)cc(O)cc2O[C@@H]1c1ccc(O)c(O)c1. The van der Waals surface area contributed by atoms with Crippen LogP contribution in [0.2, 0.25) is 0 Å². The van der Waals surface area contributed by atoms with E-state index >= 15 is 0 Å². The lowest BCUT2D eigenvalue weighted by Crippen LogP contribution is -2.33. The number of ether oxygens (including phenoxy) is 2. The Bertz CT molecular complexity index is 819. The molecule has 0 radical (unpaired) electrons. The molecule has 0 saturated carbocycles. The Morgan fingerprint density at radius 1 is 0.897 bits per heavy atom. The van der Waals surface area contributed by atoms with Crippen molar-refractivity contribution in [1.29, 1.82) is 0 Å². The summed E-state index contributed by atoms with van der Waals surface area (Å²) < 4.78 is 12.2. The third-order valence-electron chi connectivity index (χ3n) is 5.32. The Labute approximate surface area is 171 Å². The molecular formula is C23H30O6. The number of phenols is 4. The molecule has 0 unspecified atom stereocenters. The number of hydrogen-bond acceptors (Lipinski definition) is 6. The average Bonchev–Trinajstić information content (AvgIpc) is 2.69. The number of hydrogen-bond donors (Lipinski definition) is 4. The second kappa shape index (κ2) is 9.74. The van der Waals surface area contributed by atoms with Gasteiger partial charge in [-0.2, -0.15) is 0 Å². The van der Waals surface area contributed by atoms with E-state index < -0.39 is 6.10 Å². The molecule has 1 heterocycles. The molecule has 0 fully saturated rings. The van der Waals surface area contributed by atoms with Gasteiger partial charge in [0.2, 0.25) is 0 Å². The molecule has 0 aliphatic carbocycles. The van der Waals surface area contributed by atoms with E-state index in [4.69, 9.17) is 9.47 Å². The van der Waals surface area contributed by atoms with Crippen LogP contribution < -0.4 is 4.74 Å². The molecule has 0 aromatic heterocycles. The van der Waals surface area contributed by atoms with E-state index in [1.165, 1.54) is 49.9 Å². The average molecular weight is 402 g/mol. The molecule has 3 rings (SSSR count). The van der Waals surface area contributed by atoms with Crippen LogP contribution in [0, 0.1) is 0 Å². The maximum absolute atomic E-state index is 10.2. The van der Waals surface area contributed by atoms with Crippen molar-refractivity contribution in [3.63, 3.8) is 0 Å². The maximum Gasteiger partial charge on any atom is 0.157 e. The molecule has 6 heteroatoms. The van der Waals surface area contributed by atoms with Crippen molar-refractivity contribution >= 4 is 0 Å². The highest BCUT2D eigenvalue weighted by atomic mass is 16.5. The minimum Gasteiger partial charge on any atom is -0.508 e. The number of benzene rings is 2. The van der Waals surface area contributed by atoms with Gasteiger partial charge in [-0.15, -0.1) is 0 Å². The molecule has 0 saturated heterocycles. The molecule has 2 atom stereocenters. The smallest absolute Gasteiger partial charge is 0.157 e. The molecule has 4 N–H and O–H groups in total. The van der Waals surface area contributed by atoms with Crippen LogP contribution >= 0.6 is 0 Å². The molecule has 6 nitrogen and oxygen atoms in total. The molecule has 0 spiro atoms. The second-order valence-corrected chi connectivity index (χ2v) is 7.61. The Hall–Kier alpha value is -2.60. The highest BCUT2D eigenvalue weighted by molar-refractivity contribution is 5.52. The molecule has 2 aromatic carbocycles. The lowest BCUT2D eigenvalue weighted by Gasteiger charge is -2.34. The minimum absolute atomic E-state index is 0.0276. The normalized spacial score (nSPS) is 18.2. The largest absolute Gasteiger partial charge is 0.508 e. The molecule has 29 heavy (non-hydrogen) atoms. The molecule has 1 aliphatic rings. The van der Waals surface area contributed by atoms with Gasteiger partial charge in [0, 0.05) is 30.7 Å². The lowest BCUT2D eigenvalue weighted by atomic mass is 9.93. The van der Waals surface area contributed by atoms with E-state index in [1.54, 1.807) is 6.07 Å². The third-order valence-corrected chi connectivity index (χ3v) is 5.32. The van der Waals surface area contributed by atoms with Gasteiger partial charge in [-0.3, -0.25) is 0 Å². The van der Waals surface area contributed by atoms with E-state index in [-0.39, 0.29) is 29.1 Å². The first kappa shape index (κ1) is 21.1. The monoisotopic (exact) mass is 402 g/mol. The van der Waals surface area contributed by atoms with Crippen LogP contribution in [0.1, 0.15) is 62.7 Å². The number of aromatic hydroxyl groups is 4. The van der Waals surface area contributed by atoms with E-state index in [0.29, 0.717) is 29.9 Å². The Balaban J connectivity index is 1.74. The fourth-order valence-electron chi connectivity index (χ4n) is 3.71. The Kier molecular flexibility index (Phi) is 7.09. The Morgan fingerprint density at radius 2 is 1.66 bits per heavy atom. The van der Waals surface area contributed by atoms with Gasteiger partial charge in [-0.05, 0) is 24.1 Å². The highest BCUT2D eigenvalue weighted by Crippen LogP contribution is 2.43. The summed E-state index contributed by atoms with van der Waals surface area (Å²) in [6.45, 7) is 2.77. The Morgan fingerprint density at radius 3 is 2.41 bits per heavy atom. The second-order valence-electron chi connectivity index (χ2n) is 7.61. The summed E-state index contributed by atoms with van der Waals surface area (Å²) in [4.78, 5) is 0. The first-order valence-corrected chi connectivity index (χ1v) is 10.3. The van der Waals surface area contributed by atoms with E-state index in [9.17, 15) is 20.4 Å². The molecule has 1 aliphatic heterocycles. The summed E-state index contributed by atoms with van der Waals surface area (Å²) in [6, 6.07) is 7.30. The summed E-state index contributed by atoms with van der Waals surface area (Å²) in [5.41, 5.74) is 1.25. The van der Waals surface area contributed by atoms with Crippen molar-refractivity contribution in [2.24, 2.45) is 0 Å². The molecule has 0 amide bonds. The van der Waals surface area contributed by atoms with Crippen molar-refractivity contribution in [3.05, 3.63) is 41.5 Å². The van der Waals surface area contributed by atoms with Crippen LogP contribution in [0.25, 0.3) is 0 Å². The van der Waals surface area contributed by atoms with Gasteiger partial charge in [0.1, 0.15) is 23.4 Å². The molecular weight excluding hydrogens is 372 g/mol. The zero-order valence-corrected chi connectivity index (χ0v) is 16.8. The van der Waals surface area contributed by atoms with Crippen LogP contribution in [-0.4, -0.2) is 33.1 Å². The maximum atomic E-state index is 10.2. The summed E-state index contributed by atoms with van der Waals surface area (Å²) in [7, 11) is 0. The van der Waals surface area contributed by atoms with Gasteiger partial charge in [0.25, 0.3) is 0 Å². The predicted octanol–water partition coefficient (Wildman–Crippen LogP) is 4.93. The topological polar surface area (TPSA) is 99.4 Å². The predicted molar refractivity (Wildman–Crippen MR) is 110 cm³/mol. The van der Waals surface area contributed by atoms with E-state index in [1.807, 2.05) is 0 Å². The van der Waals surface area contributed by atoms with Gasteiger partial charge < -0.3 is 29.9 Å². The first-order valence-electron chi connectivity index (χ1n) is 10.3. The van der Waals surface area contributed by atoms with Gasteiger partial charge in [-0.1, -0.05) is 45.1 Å². The minimum atomic E-state index is -0.532. The standard InChI is InChI=1S/C23H30O6/c1-2-3-4-5-6-7-10-28-22-14-17-19(26)12-16(24)13-21(17)29-23(22)15-8-9-18(25)20(27)11-15/h8-9,11-13,22-27H,2-7,10,14H2,1H3/t22-,23-/m1/s1. The van der Waals surface area contributed by atoms with Crippen LogP contribution in [0.15, 0.2) is 30.3 Å². The summed E-state index contributed by atoms with van der Waals surface area (Å²) in [6.07, 6.45) is 6.48. The molecule has 0 bridgehead atoms. The zero-order valence-electron chi connectivity index (χ0n) is 16.8. The fraction of sp³-hybridized carbons (Fsp3) is 0.478. The zero-order chi connectivity index (χ0) is 20.8. The van der Waals surface area contributed by atoms with Crippen molar-refractivity contribution in [1.82, 2.24) is 0 Å². The summed E-state index contributed by atoms with van der Waals surface area (Å²) in [5.74, 6) is -0.158. The number of rotatable bonds is 9. The quantitative estimate of drug-likeness (QED) is 0.351. The third kappa shape index (κ3) is 5.26. The van der Waals surface area contributed by atoms with Crippen LogP contribution in [0.4, 0.5) is 0 Å². The molecule has 2 aromatic rings. The number of fused-ring (bicyclic) bond motifs is 1. The van der Waals surface area contributed by atoms with E-state index in [0.717, 1.165) is 12.8 Å². The van der Waals surface area contributed by atoms with Crippen LogP contribution in [0.3, 0.4) is 0 Å². The van der Waals surface area contributed by atoms with Gasteiger partial charge >= 0.3 is 0 Å². The van der Waals surface area contributed by atoms with Gasteiger partial charge in [0.05, 0.1) is 0 Å². The van der Waals surface area contributed by atoms with E-state index in [2.05, 4.69) is 6.92 Å². The van der Waals surface area contributed by atoms with Gasteiger partial charge in [-0.25, -0.2) is 0 Å². The van der Waals surface area contributed by atoms with Crippen LogP contribution in [-0.2, 0) is 11.2 Å². The van der Waals surface area contributed by atoms with Gasteiger partial charge in [0.15, 0.2) is 17.6 Å². The number of unbranched alkanes of at least 4 members (excludes halogenated alkanes) is 5. The lowest BCUT2D eigenvalue weighted by molar-refractivity contribution is -0.0393. The van der Waals surface area contributed by atoms with Crippen molar-refractivity contribution in [3.8, 4) is 28.7 Å². The first-order chi connectivity index (χ1) is 14.0. The summed E-state index contributed by atoms with van der Waals surface area (Å²) >= 11 is 0. The van der Waals surface area contributed by atoms with Crippen molar-refractivity contribution in [2.75, 3.05) is 6.61 Å².